The smallest absolute Gasteiger partial charge is 0.367 e. The van der Waals surface area contributed by atoms with E-state index in [-0.39, 0.29) is 25.3 Å². The highest BCUT2D eigenvalue weighted by atomic mass is 32.1. The van der Waals surface area contributed by atoms with Gasteiger partial charge in [-0.2, -0.15) is 13.2 Å². The molecule has 0 aliphatic carbocycles. The number of nitrogens with zero attached hydrogens (tertiary/aromatic N) is 2. The molecule has 1 aliphatic heterocycles. The van der Waals surface area contributed by atoms with Crippen molar-refractivity contribution in [2.75, 3.05) is 19.7 Å². The van der Waals surface area contributed by atoms with Crippen LogP contribution in [0.5, 0.6) is 0 Å². The number of rotatable bonds is 3. The summed E-state index contributed by atoms with van der Waals surface area (Å²) in [5.74, 6) is 0. The van der Waals surface area contributed by atoms with Crippen molar-refractivity contribution in [1.82, 2.24) is 15.2 Å². The van der Waals surface area contributed by atoms with Gasteiger partial charge in [0.25, 0.3) is 0 Å². The van der Waals surface area contributed by atoms with Crippen molar-refractivity contribution >= 4 is 17.4 Å². The van der Waals surface area contributed by atoms with Gasteiger partial charge in [-0.05, 0) is 12.5 Å². The molecule has 1 aromatic carbocycles. The molecule has 1 aromatic heterocycles. The molecule has 2 amide bonds. The van der Waals surface area contributed by atoms with E-state index in [1.165, 1.54) is 28.4 Å². The summed E-state index contributed by atoms with van der Waals surface area (Å²) < 4.78 is 46.1. The van der Waals surface area contributed by atoms with E-state index >= 15 is 0 Å². The number of morpholine rings is 1. The number of alkyl halides is 3. The maximum atomic E-state index is 13.5. The molecule has 140 valence electrons. The number of benzene rings is 1. The van der Waals surface area contributed by atoms with E-state index < -0.39 is 24.4 Å². The number of ether oxygens (including phenoxy) is 1. The van der Waals surface area contributed by atoms with Crippen molar-refractivity contribution in [2.24, 2.45) is 0 Å². The van der Waals surface area contributed by atoms with Crippen molar-refractivity contribution in [2.45, 2.75) is 25.2 Å². The quantitative estimate of drug-likeness (QED) is 0.874. The zero-order chi connectivity index (χ0) is 18.7. The second-order valence-electron chi connectivity index (χ2n) is 6.01. The molecule has 0 unspecified atom stereocenters. The van der Waals surface area contributed by atoms with E-state index in [4.69, 9.17) is 4.74 Å². The lowest BCUT2D eigenvalue weighted by atomic mass is 10.0. The summed E-state index contributed by atoms with van der Waals surface area (Å²) in [6.07, 6.45) is -3.39. The third-order valence-corrected chi connectivity index (χ3v) is 4.92. The Morgan fingerprint density at radius 2 is 2.27 bits per heavy atom. The number of hydrogen-bond donors (Lipinski definition) is 1. The van der Waals surface area contributed by atoms with Crippen LogP contribution in [0.2, 0.25) is 0 Å². The van der Waals surface area contributed by atoms with E-state index in [1.807, 2.05) is 0 Å². The van der Waals surface area contributed by atoms with E-state index in [0.29, 0.717) is 10.6 Å². The van der Waals surface area contributed by atoms with Crippen LogP contribution >= 0.6 is 11.3 Å². The fraction of sp³-hybridized carbons (Fsp3) is 0.412. The molecule has 3 rings (SSSR count). The Balaban J connectivity index is 1.73. The standard InChI is InChI=1S/C17H18F3N3O2S/c1-11-3-2-4-12(9-11)14(17(18,19)20)22-16(24)23-6-7-25-13(10-23)15-21-5-8-26-15/h2-5,8-9,13-14H,6-7,10H2,1H3,(H,22,24)/t13-,14+/m1/s1. The van der Waals surface area contributed by atoms with Crippen molar-refractivity contribution in [3.05, 3.63) is 52.0 Å². The van der Waals surface area contributed by atoms with Gasteiger partial charge in [0.2, 0.25) is 0 Å². The molecule has 1 aliphatic rings. The number of carbonyl (C=O) groups is 1. The Labute approximate surface area is 152 Å². The van der Waals surface area contributed by atoms with Gasteiger partial charge in [-0.15, -0.1) is 11.3 Å². The first-order chi connectivity index (χ1) is 12.3. The lowest BCUT2D eigenvalue weighted by molar-refractivity contribution is -0.155. The summed E-state index contributed by atoms with van der Waals surface area (Å²) in [7, 11) is 0. The van der Waals surface area contributed by atoms with E-state index in [9.17, 15) is 18.0 Å². The Morgan fingerprint density at radius 3 is 2.92 bits per heavy atom. The van der Waals surface area contributed by atoms with Gasteiger partial charge < -0.3 is 15.0 Å². The largest absolute Gasteiger partial charge is 0.412 e. The Hall–Kier alpha value is -2.13. The van der Waals surface area contributed by atoms with Crippen LogP contribution in [-0.4, -0.2) is 41.8 Å². The number of amides is 2. The fourth-order valence-corrected chi connectivity index (χ4v) is 3.47. The topological polar surface area (TPSA) is 54.5 Å². The highest BCUT2D eigenvalue weighted by molar-refractivity contribution is 7.09. The first-order valence-corrected chi connectivity index (χ1v) is 8.92. The number of nitrogens with one attached hydrogen (secondary N) is 1. The molecule has 0 radical (unpaired) electrons. The number of carbonyl (C=O) groups excluding carboxylic acids is 1. The highest BCUT2D eigenvalue weighted by Gasteiger charge is 2.43. The maximum Gasteiger partial charge on any atom is 0.412 e. The van der Waals surface area contributed by atoms with Crippen LogP contribution in [0.1, 0.15) is 28.3 Å². The van der Waals surface area contributed by atoms with Crippen molar-refractivity contribution in [1.29, 1.82) is 0 Å². The normalized spacial score (nSPS) is 19.2. The van der Waals surface area contributed by atoms with Crippen molar-refractivity contribution in [3.63, 3.8) is 0 Å². The van der Waals surface area contributed by atoms with Crippen LogP contribution in [0, 0.1) is 6.92 Å². The van der Waals surface area contributed by atoms with E-state index in [1.54, 1.807) is 30.6 Å². The summed E-state index contributed by atoms with van der Waals surface area (Å²) in [4.78, 5) is 18.0. The lowest BCUT2D eigenvalue weighted by Gasteiger charge is -2.33. The lowest BCUT2D eigenvalue weighted by Crippen LogP contribution is -2.50. The van der Waals surface area contributed by atoms with Crippen LogP contribution in [-0.2, 0) is 4.74 Å². The number of aryl methyl sites for hydroxylation is 1. The maximum absolute atomic E-state index is 13.5. The molecule has 9 heteroatoms. The van der Waals surface area contributed by atoms with E-state index in [0.717, 1.165) is 0 Å². The van der Waals surface area contributed by atoms with Gasteiger partial charge in [0.1, 0.15) is 11.1 Å². The minimum atomic E-state index is -4.59. The van der Waals surface area contributed by atoms with Crippen LogP contribution in [0.3, 0.4) is 0 Å². The Bertz CT molecular complexity index is 752. The summed E-state index contributed by atoms with van der Waals surface area (Å²) >= 11 is 1.39. The SMILES string of the molecule is Cc1cccc([C@H](NC(=O)N2CCO[C@@H](c3nccs3)C2)C(F)(F)F)c1. The van der Waals surface area contributed by atoms with Gasteiger partial charge >= 0.3 is 12.2 Å². The molecule has 2 atom stereocenters. The predicted molar refractivity (Wildman–Crippen MR) is 90.9 cm³/mol. The Kier molecular flexibility index (Phi) is 5.47. The average Bonchev–Trinajstić information content (AvgIpc) is 3.13. The summed E-state index contributed by atoms with van der Waals surface area (Å²) in [6, 6.07) is 3.22. The van der Waals surface area contributed by atoms with Crippen LogP contribution < -0.4 is 5.32 Å². The van der Waals surface area contributed by atoms with Gasteiger partial charge in [-0.25, -0.2) is 9.78 Å². The number of thiazole rings is 1. The van der Waals surface area contributed by atoms with Crippen LogP contribution in [0.15, 0.2) is 35.8 Å². The summed E-state index contributed by atoms with van der Waals surface area (Å²) in [5, 5.41) is 4.61. The molecule has 26 heavy (non-hydrogen) atoms. The molecular formula is C17H18F3N3O2S. The van der Waals surface area contributed by atoms with Crippen LogP contribution in [0.4, 0.5) is 18.0 Å². The molecule has 1 N–H and O–H groups in total. The van der Waals surface area contributed by atoms with Gasteiger partial charge in [0, 0.05) is 18.1 Å². The molecule has 0 saturated carbocycles. The van der Waals surface area contributed by atoms with E-state index in [2.05, 4.69) is 10.3 Å². The number of halogens is 3. The molecule has 2 heterocycles. The van der Waals surface area contributed by atoms with Crippen molar-refractivity contribution < 1.29 is 22.7 Å². The summed E-state index contributed by atoms with van der Waals surface area (Å²) in [6.45, 7) is 2.35. The Morgan fingerprint density at radius 1 is 1.46 bits per heavy atom. The molecule has 1 fully saturated rings. The minimum Gasteiger partial charge on any atom is -0.367 e. The third kappa shape index (κ3) is 4.34. The first kappa shape index (κ1) is 18.7. The first-order valence-electron chi connectivity index (χ1n) is 8.04. The fourth-order valence-electron chi connectivity index (χ4n) is 2.80. The molecule has 2 aromatic rings. The van der Waals surface area contributed by atoms with Gasteiger partial charge in [-0.3, -0.25) is 0 Å². The molecule has 1 saturated heterocycles. The second-order valence-corrected chi connectivity index (χ2v) is 6.94. The molecular weight excluding hydrogens is 367 g/mol. The molecule has 5 nitrogen and oxygen atoms in total. The second kappa shape index (κ2) is 7.63. The monoisotopic (exact) mass is 385 g/mol. The predicted octanol–water partition coefficient (Wildman–Crippen LogP) is 3.84. The number of aromatic nitrogens is 1. The van der Waals surface area contributed by atoms with Gasteiger partial charge in [-0.1, -0.05) is 29.8 Å². The average molecular weight is 385 g/mol. The molecule has 0 bridgehead atoms. The van der Waals surface area contributed by atoms with Crippen molar-refractivity contribution in [3.8, 4) is 0 Å². The van der Waals surface area contributed by atoms with Crippen LogP contribution in [0.25, 0.3) is 0 Å². The number of hydrogen-bond acceptors (Lipinski definition) is 4. The third-order valence-electron chi connectivity index (χ3n) is 4.05. The zero-order valence-electron chi connectivity index (χ0n) is 14.0. The molecule has 0 spiro atoms. The number of urea groups is 1. The van der Waals surface area contributed by atoms with Gasteiger partial charge in [0.15, 0.2) is 6.04 Å². The van der Waals surface area contributed by atoms with Gasteiger partial charge in [0.05, 0.1) is 13.2 Å². The summed E-state index contributed by atoms with van der Waals surface area (Å²) in [5.41, 5.74) is 0.705. The highest BCUT2D eigenvalue weighted by Crippen LogP contribution is 2.33. The minimum absolute atomic E-state index is 0.00980. The zero-order valence-corrected chi connectivity index (χ0v) is 14.8.